The second-order valence-electron chi connectivity index (χ2n) is 10.4. The van der Waals surface area contributed by atoms with E-state index >= 15 is 0 Å². The van der Waals surface area contributed by atoms with Crippen LogP contribution in [-0.2, 0) is 16.0 Å². The highest BCUT2D eigenvalue weighted by Gasteiger charge is 2.29. The summed E-state index contributed by atoms with van der Waals surface area (Å²) in [6.07, 6.45) is 3.73. The van der Waals surface area contributed by atoms with E-state index in [1.807, 2.05) is 35.2 Å². The Labute approximate surface area is 234 Å². The first-order valence-electron chi connectivity index (χ1n) is 13.9. The van der Waals surface area contributed by atoms with Crippen LogP contribution in [0.1, 0.15) is 52.0 Å². The van der Waals surface area contributed by atoms with E-state index in [2.05, 4.69) is 10.6 Å². The van der Waals surface area contributed by atoms with Crippen LogP contribution in [0, 0.1) is 5.92 Å². The smallest absolute Gasteiger partial charge is 0.253 e. The molecule has 0 aromatic heterocycles. The fraction of sp³-hybridized carbons (Fsp3) is 0.312. The van der Waals surface area contributed by atoms with Gasteiger partial charge in [0.15, 0.2) is 0 Å². The van der Waals surface area contributed by atoms with Crippen molar-refractivity contribution in [3.63, 3.8) is 0 Å². The monoisotopic (exact) mass is 538 g/mol. The standard InChI is InChI=1S/C32H34N4O4/c37-29(33-28-12-6-10-25(21-28)32(40)35-17-4-5-18-35)20-23-13-15-27(16-14-23)34-30(38)26-11-7-19-36(22-26)31(39)24-8-2-1-3-9-24/h1-3,6,8-10,12-16,21,26H,4-5,7,11,17-20,22H2,(H,33,37)(H,34,38). The van der Waals surface area contributed by atoms with E-state index < -0.39 is 0 Å². The van der Waals surface area contributed by atoms with Crippen molar-refractivity contribution in [2.75, 3.05) is 36.8 Å². The van der Waals surface area contributed by atoms with Crippen LogP contribution >= 0.6 is 0 Å². The van der Waals surface area contributed by atoms with Gasteiger partial charge in [0.1, 0.15) is 0 Å². The van der Waals surface area contributed by atoms with Gasteiger partial charge in [-0.25, -0.2) is 0 Å². The molecule has 8 heteroatoms. The highest BCUT2D eigenvalue weighted by molar-refractivity contribution is 5.98. The summed E-state index contributed by atoms with van der Waals surface area (Å²) in [5.74, 6) is -0.632. The van der Waals surface area contributed by atoms with Gasteiger partial charge in [0.2, 0.25) is 11.8 Å². The van der Waals surface area contributed by atoms with Gasteiger partial charge in [-0.3, -0.25) is 19.2 Å². The van der Waals surface area contributed by atoms with E-state index in [1.54, 1.807) is 53.4 Å². The molecule has 0 bridgehead atoms. The molecule has 2 saturated heterocycles. The highest BCUT2D eigenvalue weighted by Crippen LogP contribution is 2.21. The van der Waals surface area contributed by atoms with Crippen LogP contribution in [0.3, 0.4) is 0 Å². The lowest BCUT2D eigenvalue weighted by molar-refractivity contribution is -0.121. The van der Waals surface area contributed by atoms with Crippen molar-refractivity contribution >= 4 is 35.0 Å². The van der Waals surface area contributed by atoms with E-state index in [9.17, 15) is 19.2 Å². The average Bonchev–Trinajstić information content (AvgIpc) is 3.53. The molecule has 2 heterocycles. The number of amides is 4. The van der Waals surface area contributed by atoms with Gasteiger partial charge >= 0.3 is 0 Å². The molecule has 2 aliphatic rings. The number of rotatable bonds is 7. The number of hydrogen-bond acceptors (Lipinski definition) is 4. The third kappa shape index (κ3) is 6.75. The summed E-state index contributed by atoms with van der Waals surface area (Å²) in [6, 6.07) is 23.4. The minimum absolute atomic E-state index is 0.00466. The molecule has 3 aromatic rings. The van der Waals surface area contributed by atoms with Crippen molar-refractivity contribution in [3.05, 3.63) is 95.6 Å². The number of nitrogens with zero attached hydrogens (tertiary/aromatic N) is 2. The van der Waals surface area contributed by atoms with Crippen LogP contribution in [-0.4, -0.2) is 59.6 Å². The van der Waals surface area contributed by atoms with Crippen LogP contribution in [0.5, 0.6) is 0 Å². The first-order chi connectivity index (χ1) is 19.5. The zero-order valence-electron chi connectivity index (χ0n) is 22.5. The number of likely N-dealkylation sites (tertiary alicyclic amines) is 2. The highest BCUT2D eigenvalue weighted by atomic mass is 16.2. The Morgan fingerprint density at radius 2 is 1.35 bits per heavy atom. The van der Waals surface area contributed by atoms with Crippen molar-refractivity contribution in [3.8, 4) is 0 Å². The Hall–Kier alpha value is -4.46. The Kier molecular flexibility index (Phi) is 8.54. The number of piperidine rings is 1. The zero-order valence-corrected chi connectivity index (χ0v) is 22.5. The average molecular weight is 539 g/mol. The third-order valence-corrected chi connectivity index (χ3v) is 7.47. The minimum Gasteiger partial charge on any atom is -0.339 e. The SMILES string of the molecule is O=C(Cc1ccc(NC(=O)C2CCCN(C(=O)c3ccccc3)C2)cc1)Nc1cccc(C(=O)N2CCCC2)c1. The maximum Gasteiger partial charge on any atom is 0.253 e. The van der Waals surface area contributed by atoms with Crippen LogP contribution in [0.25, 0.3) is 0 Å². The predicted molar refractivity (Wildman–Crippen MR) is 154 cm³/mol. The minimum atomic E-state index is -0.278. The van der Waals surface area contributed by atoms with Crippen LogP contribution in [0.2, 0.25) is 0 Å². The van der Waals surface area contributed by atoms with Gasteiger partial charge in [-0.05, 0) is 73.7 Å². The van der Waals surface area contributed by atoms with Gasteiger partial charge in [-0.1, -0.05) is 36.4 Å². The molecule has 206 valence electrons. The lowest BCUT2D eigenvalue weighted by atomic mass is 9.96. The molecule has 1 unspecified atom stereocenters. The van der Waals surface area contributed by atoms with Crippen LogP contribution < -0.4 is 10.6 Å². The molecular formula is C32H34N4O4. The van der Waals surface area contributed by atoms with Gasteiger partial charge < -0.3 is 20.4 Å². The van der Waals surface area contributed by atoms with Gasteiger partial charge in [0.25, 0.3) is 11.8 Å². The topological polar surface area (TPSA) is 98.8 Å². The normalized spacial score (nSPS) is 16.9. The molecule has 5 rings (SSSR count). The van der Waals surface area contributed by atoms with Gasteiger partial charge in [-0.15, -0.1) is 0 Å². The fourth-order valence-electron chi connectivity index (χ4n) is 5.31. The third-order valence-electron chi connectivity index (χ3n) is 7.47. The van der Waals surface area contributed by atoms with E-state index in [-0.39, 0.29) is 36.0 Å². The lowest BCUT2D eigenvalue weighted by Crippen LogP contribution is -2.43. The number of carbonyl (C=O) groups excluding carboxylic acids is 4. The molecule has 0 aliphatic carbocycles. The zero-order chi connectivity index (χ0) is 27.9. The first-order valence-corrected chi connectivity index (χ1v) is 13.9. The maximum atomic E-state index is 13.0. The van der Waals surface area contributed by atoms with Crippen molar-refractivity contribution < 1.29 is 19.2 Å². The number of nitrogens with one attached hydrogen (secondary N) is 2. The molecule has 1 atom stereocenters. The molecule has 0 radical (unpaired) electrons. The Morgan fingerprint density at radius 1 is 0.675 bits per heavy atom. The maximum absolute atomic E-state index is 13.0. The molecule has 0 saturated carbocycles. The quantitative estimate of drug-likeness (QED) is 0.460. The number of anilines is 2. The number of benzene rings is 3. The molecule has 0 spiro atoms. The summed E-state index contributed by atoms with van der Waals surface area (Å²) in [5.41, 5.74) is 3.24. The van der Waals surface area contributed by atoms with Gasteiger partial charge in [-0.2, -0.15) is 0 Å². The molecule has 8 nitrogen and oxygen atoms in total. The van der Waals surface area contributed by atoms with Crippen molar-refractivity contribution in [1.82, 2.24) is 9.80 Å². The Bertz CT molecular complexity index is 1370. The van der Waals surface area contributed by atoms with E-state index in [0.717, 1.165) is 44.3 Å². The second kappa shape index (κ2) is 12.6. The summed E-state index contributed by atoms with van der Waals surface area (Å²) in [7, 11) is 0. The molecule has 2 N–H and O–H groups in total. The number of carbonyl (C=O) groups is 4. The van der Waals surface area contributed by atoms with Crippen LogP contribution in [0.4, 0.5) is 11.4 Å². The largest absolute Gasteiger partial charge is 0.339 e. The van der Waals surface area contributed by atoms with Crippen molar-refractivity contribution in [1.29, 1.82) is 0 Å². The van der Waals surface area contributed by atoms with Gasteiger partial charge in [0, 0.05) is 48.7 Å². The molecule has 40 heavy (non-hydrogen) atoms. The Morgan fingerprint density at radius 3 is 2.10 bits per heavy atom. The van der Waals surface area contributed by atoms with E-state index in [1.165, 1.54) is 0 Å². The number of hydrogen-bond donors (Lipinski definition) is 2. The lowest BCUT2D eigenvalue weighted by Gasteiger charge is -2.32. The molecule has 2 aliphatic heterocycles. The molecule has 4 amide bonds. The predicted octanol–water partition coefficient (Wildman–Crippen LogP) is 4.59. The van der Waals surface area contributed by atoms with E-state index in [4.69, 9.17) is 0 Å². The summed E-state index contributed by atoms with van der Waals surface area (Å²) in [5, 5.41) is 5.84. The summed E-state index contributed by atoms with van der Waals surface area (Å²) < 4.78 is 0. The van der Waals surface area contributed by atoms with E-state index in [0.29, 0.717) is 35.6 Å². The first kappa shape index (κ1) is 27.1. The molecule has 3 aromatic carbocycles. The van der Waals surface area contributed by atoms with Crippen molar-refractivity contribution in [2.45, 2.75) is 32.1 Å². The molecular weight excluding hydrogens is 504 g/mol. The van der Waals surface area contributed by atoms with Gasteiger partial charge in [0.05, 0.1) is 12.3 Å². The summed E-state index contributed by atoms with van der Waals surface area (Å²) >= 11 is 0. The fourth-order valence-corrected chi connectivity index (χ4v) is 5.31. The molecule has 2 fully saturated rings. The van der Waals surface area contributed by atoms with Crippen LogP contribution in [0.15, 0.2) is 78.9 Å². The second-order valence-corrected chi connectivity index (χ2v) is 10.4. The summed E-state index contributed by atoms with van der Waals surface area (Å²) in [6.45, 7) is 2.59. The Balaban J connectivity index is 1.12. The van der Waals surface area contributed by atoms with Crippen molar-refractivity contribution in [2.24, 2.45) is 5.92 Å². The summed E-state index contributed by atoms with van der Waals surface area (Å²) in [4.78, 5) is 54.7.